The van der Waals surface area contributed by atoms with Gasteiger partial charge in [-0.3, -0.25) is 0 Å². The Labute approximate surface area is 101 Å². The molecule has 0 aliphatic carbocycles. The van der Waals surface area contributed by atoms with Crippen LogP contribution in [0.4, 0.5) is 4.39 Å². The van der Waals surface area contributed by atoms with E-state index in [4.69, 9.17) is 0 Å². The number of halogens is 1. The molecule has 0 bridgehead atoms. The topological polar surface area (TPSA) is 12.0 Å². The third kappa shape index (κ3) is 2.53. The van der Waals surface area contributed by atoms with E-state index in [0.717, 1.165) is 17.7 Å². The molecule has 88 valence electrons. The van der Waals surface area contributed by atoms with Crippen LogP contribution in [-0.2, 0) is 6.54 Å². The van der Waals surface area contributed by atoms with Crippen molar-refractivity contribution in [2.45, 2.75) is 13.5 Å². The minimum Gasteiger partial charge on any atom is -0.316 e. The van der Waals surface area contributed by atoms with Gasteiger partial charge in [0.2, 0.25) is 0 Å². The summed E-state index contributed by atoms with van der Waals surface area (Å²) in [5.74, 6) is -0.151. The SMILES string of the molecule is CNCc1ccc(-c2cccc(F)c2C)cc1. The minimum absolute atomic E-state index is 0.151. The molecule has 2 aromatic carbocycles. The summed E-state index contributed by atoms with van der Waals surface area (Å²) in [5, 5.41) is 3.10. The quantitative estimate of drug-likeness (QED) is 0.849. The smallest absolute Gasteiger partial charge is 0.126 e. The maximum atomic E-state index is 13.5. The van der Waals surface area contributed by atoms with Gasteiger partial charge in [0.1, 0.15) is 5.82 Å². The van der Waals surface area contributed by atoms with E-state index in [1.807, 2.05) is 32.2 Å². The lowest BCUT2D eigenvalue weighted by Gasteiger charge is -2.08. The number of hydrogen-bond acceptors (Lipinski definition) is 1. The standard InChI is InChI=1S/C15H16FN/c1-11-14(4-3-5-15(11)16)13-8-6-12(7-9-13)10-17-2/h3-9,17H,10H2,1-2H3. The van der Waals surface area contributed by atoms with Crippen LogP contribution in [0.15, 0.2) is 42.5 Å². The first kappa shape index (κ1) is 11.8. The fourth-order valence-electron chi connectivity index (χ4n) is 1.93. The number of nitrogens with one attached hydrogen (secondary N) is 1. The molecule has 17 heavy (non-hydrogen) atoms. The Morgan fingerprint density at radius 1 is 1.06 bits per heavy atom. The van der Waals surface area contributed by atoms with Gasteiger partial charge in [-0.05, 0) is 42.3 Å². The lowest BCUT2D eigenvalue weighted by molar-refractivity contribution is 0.619. The van der Waals surface area contributed by atoms with Gasteiger partial charge in [-0.1, -0.05) is 36.4 Å². The molecule has 2 aromatic rings. The van der Waals surface area contributed by atoms with Crippen LogP contribution in [0.25, 0.3) is 11.1 Å². The van der Waals surface area contributed by atoms with Gasteiger partial charge in [-0.25, -0.2) is 4.39 Å². The Morgan fingerprint density at radius 3 is 2.41 bits per heavy atom. The number of hydrogen-bond donors (Lipinski definition) is 1. The second-order valence-electron chi connectivity index (χ2n) is 4.14. The Bertz CT molecular complexity index is 503. The second-order valence-corrected chi connectivity index (χ2v) is 4.14. The van der Waals surface area contributed by atoms with E-state index in [2.05, 4.69) is 17.4 Å². The first-order valence-corrected chi connectivity index (χ1v) is 5.71. The van der Waals surface area contributed by atoms with Gasteiger partial charge in [0.25, 0.3) is 0 Å². The van der Waals surface area contributed by atoms with Gasteiger partial charge in [-0.15, -0.1) is 0 Å². The van der Waals surface area contributed by atoms with Gasteiger partial charge >= 0.3 is 0 Å². The van der Waals surface area contributed by atoms with Crippen LogP contribution in [0, 0.1) is 12.7 Å². The predicted molar refractivity (Wildman–Crippen MR) is 69.3 cm³/mol. The molecule has 0 aliphatic rings. The summed E-state index contributed by atoms with van der Waals surface area (Å²) in [5.41, 5.74) is 3.95. The van der Waals surface area contributed by atoms with E-state index >= 15 is 0 Å². The molecule has 1 nitrogen and oxygen atoms in total. The lowest BCUT2D eigenvalue weighted by atomic mass is 9.99. The van der Waals surface area contributed by atoms with Crippen LogP contribution in [0.5, 0.6) is 0 Å². The first-order valence-electron chi connectivity index (χ1n) is 5.71. The van der Waals surface area contributed by atoms with Crippen molar-refractivity contribution < 1.29 is 4.39 Å². The zero-order chi connectivity index (χ0) is 12.3. The van der Waals surface area contributed by atoms with Crippen molar-refractivity contribution in [3.63, 3.8) is 0 Å². The van der Waals surface area contributed by atoms with Crippen molar-refractivity contribution in [1.29, 1.82) is 0 Å². The monoisotopic (exact) mass is 229 g/mol. The summed E-state index contributed by atoms with van der Waals surface area (Å²) >= 11 is 0. The molecule has 0 atom stereocenters. The Morgan fingerprint density at radius 2 is 1.76 bits per heavy atom. The fourth-order valence-corrected chi connectivity index (χ4v) is 1.93. The molecule has 2 rings (SSSR count). The van der Waals surface area contributed by atoms with Gasteiger partial charge in [0.15, 0.2) is 0 Å². The highest BCUT2D eigenvalue weighted by molar-refractivity contribution is 5.67. The molecule has 0 saturated carbocycles. The van der Waals surface area contributed by atoms with Crippen LogP contribution in [0.2, 0.25) is 0 Å². The van der Waals surface area contributed by atoms with E-state index in [0.29, 0.717) is 5.56 Å². The van der Waals surface area contributed by atoms with E-state index in [1.165, 1.54) is 11.6 Å². The zero-order valence-electron chi connectivity index (χ0n) is 10.1. The molecule has 0 amide bonds. The van der Waals surface area contributed by atoms with Gasteiger partial charge < -0.3 is 5.32 Å². The largest absolute Gasteiger partial charge is 0.316 e. The summed E-state index contributed by atoms with van der Waals surface area (Å²) in [6.45, 7) is 2.66. The lowest BCUT2D eigenvalue weighted by Crippen LogP contribution is -2.04. The van der Waals surface area contributed by atoms with Crippen LogP contribution >= 0.6 is 0 Å². The number of benzene rings is 2. The average molecular weight is 229 g/mol. The molecule has 0 heterocycles. The van der Waals surface area contributed by atoms with Crippen molar-refractivity contribution in [1.82, 2.24) is 5.32 Å². The summed E-state index contributed by atoms with van der Waals surface area (Å²) < 4.78 is 13.5. The number of rotatable bonds is 3. The third-order valence-corrected chi connectivity index (χ3v) is 2.91. The average Bonchev–Trinajstić information content (AvgIpc) is 2.34. The molecule has 0 unspecified atom stereocenters. The highest BCUT2D eigenvalue weighted by Gasteiger charge is 2.05. The van der Waals surface area contributed by atoms with Crippen LogP contribution in [0.3, 0.4) is 0 Å². The van der Waals surface area contributed by atoms with Crippen molar-refractivity contribution in [2.24, 2.45) is 0 Å². The fraction of sp³-hybridized carbons (Fsp3) is 0.200. The molecule has 0 spiro atoms. The van der Waals surface area contributed by atoms with E-state index in [1.54, 1.807) is 6.07 Å². The first-order chi connectivity index (χ1) is 8.22. The van der Waals surface area contributed by atoms with Crippen molar-refractivity contribution in [3.05, 3.63) is 59.4 Å². The Balaban J connectivity index is 2.36. The van der Waals surface area contributed by atoms with Gasteiger partial charge in [0.05, 0.1) is 0 Å². The summed E-state index contributed by atoms with van der Waals surface area (Å²) in [6.07, 6.45) is 0. The third-order valence-electron chi connectivity index (χ3n) is 2.91. The molecule has 2 heteroatoms. The molecule has 0 aliphatic heterocycles. The maximum absolute atomic E-state index is 13.5. The summed E-state index contributed by atoms with van der Waals surface area (Å²) in [6, 6.07) is 13.4. The summed E-state index contributed by atoms with van der Waals surface area (Å²) in [7, 11) is 1.92. The molecule has 0 aromatic heterocycles. The molecular formula is C15H16FN. The van der Waals surface area contributed by atoms with Crippen molar-refractivity contribution in [3.8, 4) is 11.1 Å². The summed E-state index contributed by atoms with van der Waals surface area (Å²) in [4.78, 5) is 0. The molecule has 0 saturated heterocycles. The van der Waals surface area contributed by atoms with E-state index in [9.17, 15) is 4.39 Å². The van der Waals surface area contributed by atoms with Gasteiger partial charge in [0, 0.05) is 6.54 Å². The van der Waals surface area contributed by atoms with Crippen LogP contribution in [-0.4, -0.2) is 7.05 Å². The molecule has 0 fully saturated rings. The predicted octanol–water partition coefficient (Wildman–Crippen LogP) is 3.52. The van der Waals surface area contributed by atoms with Crippen molar-refractivity contribution in [2.75, 3.05) is 7.05 Å². The Hall–Kier alpha value is -1.67. The van der Waals surface area contributed by atoms with Crippen LogP contribution < -0.4 is 5.32 Å². The minimum atomic E-state index is -0.151. The normalized spacial score (nSPS) is 10.5. The molecule has 1 N–H and O–H groups in total. The highest BCUT2D eigenvalue weighted by Crippen LogP contribution is 2.25. The van der Waals surface area contributed by atoms with Crippen molar-refractivity contribution >= 4 is 0 Å². The Kier molecular flexibility index (Phi) is 3.55. The van der Waals surface area contributed by atoms with Crippen LogP contribution in [0.1, 0.15) is 11.1 Å². The van der Waals surface area contributed by atoms with E-state index in [-0.39, 0.29) is 5.82 Å². The van der Waals surface area contributed by atoms with Gasteiger partial charge in [-0.2, -0.15) is 0 Å². The maximum Gasteiger partial charge on any atom is 0.126 e. The molecular weight excluding hydrogens is 213 g/mol. The zero-order valence-corrected chi connectivity index (χ0v) is 10.1. The second kappa shape index (κ2) is 5.11. The highest BCUT2D eigenvalue weighted by atomic mass is 19.1. The molecule has 0 radical (unpaired) electrons. The van der Waals surface area contributed by atoms with E-state index < -0.39 is 0 Å².